The lowest BCUT2D eigenvalue weighted by molar-refractivity contribution is -0.113. The zero-order chi connectivity index (χ0) is 20.2. The number of hydrogen-bond donors (Lipinski definition) is 1. The quantitative estimate of drug-likeness (QED) is 0.443. The molecule has 4 aromatic rings. The van der Waals surface area contributed by atoms with Gasteiger partial charge in [-0.2, -0.15) is 8.78 Å². The van der Waals surface area contributed by atoms with Gasteiger partial charge in [-0.3, -0.25) is 14.3 Å². The van der Waals surface area contributed by atoms with Gasteiger partial charge in [0.05, 0.1) is 16.8 Å². The number of carbonyl (C=O) groups excluding carboxylic acids is 1. The number of nitrogens with one attached hydrogen (secondary N) is 1. The third kappa shape index (κ3) is 4.27. The van der Waals surface area contributed by atoms with Crippen molar-refractivity contribution in [3.8, 4) is 11.4 Å². The molecular formula is C21H16F2N4OS. The first-order chi connectivity index (χ1) is 14.1. The fourth-order valence-corrected chi connectivity index (χ4v) is 3.61. The number of para-hydroxylation sites is 2. The minimum Gasteiger partial charge on any atom is -0.325 e. The molecule has 29 heavy (non-hydrogen) atoms. The molecule has 0 aliphatic heterocycles. The van der Waals surface area contributed by atoms with E-state index in [1.807, 2.05) is 12.1 Å². The first-order valence-corrected chi connectivity index (χ1v) is 9.78. The summed E-state index contributed by atoms with van der Waals surface area (Å²) in [5.41, 5.74) is 2.02. The summed E-state index contributed by atoms with van der Waals surface area (Å²) in [5, 5.41) is 2.80. The molecule has 2 aromatic carbocycles. The summed E-state index contributed by atoms with van der Waals surface area (Å²) < 4.78 is 28.1. The van der Waals surface area contributed by atoms with Gasteiger partial charge in [0.2, 0.25) is 5.91 Å². The van der Waals surface area contributed by atoms with Gasteiger partial charge in [0.15, 0.2) is 0 Å². The maximum Gasteiger partial charge on any atom is 0.320 e. The van der Waals surface area contributed by atoms with E-state index in [4.69, 9.17) is 0 Å². The molecule has 1 amide bonds. The Kier molecular flexibility index (Phi) is 5.53. The fraction of sp³-hybridized carbons (Fsp3) is 0.0952. The molecule has 0 aliphatic carbocycles. The Labute approximate surface area is 169 Å². The van der Waals surface area contributed by atoms with E-state index in [0.717, 1.165) is 9.46 Å². The van der Waals surface area contributed by atoms with Crippen molar-refractivity contribution in [1.82, 2.24) is 14.5 Å². The molecule has 2 aromatic heterocycles. The molecule has 4 rings (SSSR count). The van der Waals surface area contributed by atoms with Crippen LogP contribution in [-0.2, 0) is 4.79 Å². The zero-order valence-electron chi connectivity index (χ0n) is 15.1. The van der Waals surface area contributed by atoms with Crippen molar-refractivity contribution in [1.29, 1.82) is 0 Å². The number of amides is 1. The highest BCUT2D eigenvalue weighted by atomic mass is 32.2. The summed E-state index contributed by atoms with van der Waals surface area (Å²) in [6.45, 7) is -2.71. The Bertz CT molecular complexity index is 1130. The van der Waals surface area contributed by atoms with Crippen molar-refractivity contribution >= 4 is 34.4 Å². The number of nitrogens with zero attached hydrogens (tertiary/aromatic N) is 3. The van der Waals surface area contributed by atoms with Crippen LogP contribution in [0.2, 0.25) is 0 Å². The average Bonchev–Trinajstić information content (AvgIpc) is 3.13. The highest BCUT2D eigenvalue weighted by Crippen LogP contribution is 2.30. The minimum atomic E-state index is -2.71. The Hall–Kier alpha value is -3.26. The highest BCUT2D eigenvalue weighted by Gasteiger charge is 2.18. The van der Waals surface area contributed by atoms with Crippen LogP contribution in [0.15, 0.2) is 78.0 Å². The monoisotopic (exact) mass is 410 g/mol. The summed E-state index contributed by atoms with van der Waals surface area (Å²) in [6, 6.07) is 17.2. The van der Waals surface area contributed by atoms with Crippen molar-refractivity contribution in [3.05, 3.63) is 73.1 Å². The van der Waals surface area contributed by atoms with E-state index < -0.39 is 6.55 Å². The molecule has 0 spiro atoms. The lowest BCUT2D eigenvalue weighted by Gasteiger charge is -2.09. The van der Waals surface area contributed by atoms with Crippen molar-refractivity contribution in [2.24, 2.45) is 0 Å². The van der Waals surface area contributed by atoms with Crippen molar-refractivity contribution in [2.75, 3.05) is 11.1 Å². The molecule has 0 saturated carbocycles. The Morgan fingerprint density at radius 2 is 1.76 bits per heavy atom. The average molecular weight is 410 g/mol. The van der Waals surface area contributed by atoms with Crippen LogP contribution in [0.25, 0.3) is 22.4 Å². The second kappa shape index (κ2) is 8.40. The molecule has 8 heteroatoms. The van der Waals surface area contributed by atoms with Gasteiger partial charge >= 0.3 is 6.55 Å². The molecule has 0 radical (unpaired) electrons. The number of benzene rings is 2. The molecule has 0 atom stereocenters. The first kappa shape index (κ1) is 19.1. The number of hydrogen-bond acceptors (Lipinski definition) is 4. The van der Waals surface area contributed by atoms with Crippen molar-refractivity contribution in [2.45, 2.75) is 11.4 Å². The lowest BCUT2D eigenvalue weighted by atomic mass is 10.2. The van der Waals surface area contributed by atoms with Crippen molar-refractivity contribution < 1.29 is 13.6 Å². The van der Waals surface area contributed by atoms with Gasteiger partial charge in [0.1, 0.15) is 5.82 Å². The summed E-state index contributed by atoms with van der Waals surface area (Å²) in [5.74, 6) is 0.291. The van der Waals surface area contributed by atoms with Crippen LogP contribution in [0.5, 0.6) is 0 Å². The smallest absolute Gasteiger partial charge is 0.320 e. The number of alkyl halides is 2. The molecule has 2 heterocycles. The van der Waals surface area contributed by atoms with E-state index in [1.165, 1.54) is 11.8 Å². The third-order valence-electron chi connectivity index (χ3n) is 4.24. The molecule has 1 N–H and O–H groups in total. The number of thioether (sulfide) groups is 1. The topological polar surface area (TPSA) is 59.8 Å². The van der Waals surface area contributed by atoms with Gasteiger partial charge in [0.25, 0.3) is 0 Å². The number of pyridine rings is 1. The summed E-state index contributed by atoms with van der Waals surface area (Å²) in [6.07, 6.45) is 3.34. The number of halogens is 2. The second-order valence-electron chi connectivity index (χ2n) is 6.17. The van der Waals surface area contributed by atoms with E-state index in [2.05, 4.69) is 15.3 Å². The first-order valence-electron chi connectivity index (χ1n) is 8.80. The van der Waals surface area contributed by atoms with Crippen LogP contribution in [0.3, 0.4) is 0 Å². The van der Waals surface area contributed by atoms with E-state index in [-0.39, 0.29) is 17.5 Å². The van der Waals surface area contributed by atoms with Gasteiger partial charge in [0, 0.05) is 28.5 Å². The SMILES string of the molecule is O=C(CSc1ccncc1)Nc1ccc(-c2nc3ccccc3n2C(F)F)cc1. The molecule has 0 saturated heterocycles. The summed E-state index contributed by atoms with van der Waals surface area (Å²) in [4.78, 5) is 21.4. The predicted octanol–water partition coefficient (Wildman–Crippen LogP) is 5.22. The van der Waals surface area contributed by atoms with Gasteiger partial charge < -0.3 is 5.32 Å². The molecule has 146 valence electrons. The van der Waals surface area contributed by atoms with Crippen LogP contribution in [0.1, 0.15) is 6.55 Å². The fourth-order valence-electron chi connectivity index (χ4n) is 2.93. The maximum atomic E-state index is 13.6. The lowest BCUT2D eigenvalue weighted by Crippen LogP contribution is -2.13. The van der Waals surface area contributed by atoms with Gasteiger partial charge in [-0.25, -0.2) is 4.98 Å². The van der Waals surface area contributed by atoms with Crippen LogP contribution in [0.4, 0.5) is 14.5 Å². The van der Waals surface area contributed by atoms with Gasteiger partial charge in [-0.15, -0.1) is 11.8 Å². The van der Waals surface area contributed by atoms with E-state index in [9.17, 15) is 13.6 Å². The highest BCUT2D eigenvalue weighted by molar-refractivity contribution is 8.00. The summed E-state index contributed by atoms with van der Waals surface area (Å²) >= 11 is 1.41. The predicted molar refractivity (Wildman–Crippen MR) is 110 cm³/mol. The molecule has 0 aliphatic rings. The largest absolute Gasteiger partial charge is 0.325 e. The Balaban J connectivity index is 1.49. The van der Waals surface area contributed by atoms with Gasteiger partial charge in [-0.05, 0) is 48.5 Å². The maximum absolute atomic E-state index is 13.6. The summed E-state index contributed by atoms with van der Waals surface area (Å²) in [7, 11) is 0. The molecule has 0 unspecified atom stereocenters. The normalized spacial score (nSPS) is 11.1. The molecule has 0 fully saturated rings. The number of anilines is 1. The van der Waals surface area contributed by atoms with Crippen LogP contribution >= 0.6 is 11.8 Å². The number of carbonyl (C=O) groups is 1. The number of aromatic nitrogens is 3. The van der Waals surface area contributed by atoms with Gasteiger partial charge in [-0.1, -0.05) is 12.1 Å². The number of fused-ring (bicyclic) bond motifs is 1. The zero-order valence-corrected chi connectivity index (χ0v) is 15.9. The third-order valence-corrected chi connectivity index (χ3v) is 5.25. The van der Waals surface area contributed by atoms with Crippen LogP contribution in [0, 0.1) is 0 Å². The number of rotatable bonds is 6. The second-order valence-corrected chi connectivity index (χ2v) is 7.22. The molecular weight excluding hydrogens is 394 g/mol. The Morgan fingerprint density at radius 1 is 1.03 bits per heavy atom. The van der Waals surface area contributed by atoms with E-state index in [1.54, 1.807) is 60.9 Å². The van der Waals surface area contributed by atoms with Crippen LogP contribution < -0.4 is 5.32 Å². The molecule has 0 bridgehead atoms. The Morgan fingerprint density at radius 3 is 2.48 bits per heavy atom. The number of imidazole rings is 1. The van der Waals surface area contributed by atoms with E-state index >= 15 is 0 Å². The van der Waals surface area contributed by atoms with Crippen LogP contribution in [-0.4, -0.2) is 26.2 Å². The standard InChI is InChI=1S/C21H16F2N4OS/c22-21(23)27-18-4-2-1-3-17(18)26-20(27)14-5-7-15(8-6-14)25-19(28)13-29-16-9-11-24-12-10-16/h1-12,21H,13H2,(H,25,28). The van der Waals surface area contributed by atoms with E-state index in [0.29, 0.717) is 22.3 Å². The molecule has 5 nitrogen and oxygen atoms in total. The van der Waals surface area contributed by atoms with Crippen molar-refractivity contribution in [3.63, 3.8) is 0 Å². The minimum absolute atomic E-state index is 0.153.